The number of urea groups is 1. The van der Waals surface area contributed by atoms with Gasteiger partial charge in [0.1, 0.15) is 11.3 Å². The van der Waals surface area contributed by atoms with E-state index in [-0.39, 0.29) is 23.6 Å². The number of likely N-dealkylation sites (tertiary alicyclic amines) is 1. The number of phenols is 1. The third-order valence-corrected chi connectivity index (χ3v) is 7.66. The molecular formula is C25H33N3O3S. The Kier molecular flexibility index (Phi) is 6.86. The third-order valence-electron chi connectivity index (χ3n) is 6.72. The Morgan fingerprint density at radius 3 is 2.50 bits per heavy atom. The highest BCUT2D eigenvalue weighted by molar-refractivity contribution is 7.09. The number of imide groups is 1. The molecule has 32 heavy (non-hydrogen) atoms. The minimum Gasteiger partial charge on any atom is -0.508 e. The number of carbonyl (C=O) groups is 2. The summed E-state index contributed by atoms with van der Waals surface area (Å²) in [6.07, 6.45) is 3.15. The summed E-state index contributed by atoms with van der Waals surface area (Å²) in [6, 6.07) is 11.2. The first kappa shape index (κ1) is 22.8. The second-order valence-electron chi connectivity index (χ2n) is 9.50. The zero-order valence-corrected chi connectivity index (χ0v) is 19.7. The van der Waals surface area contributed by atoms with Crippen LogP contribution in [0.3, 0.4) is 0 Å². The summed E-state index contributed by atoms with van der Waals surface area (Å²) in [6.45, 7) is 7.29. The summed E-state index contributed by atoms with van der Waals surface area (Å²) < 4.78 is 0. The minimum absolute atomic E-state index is 0.0373. The average molecular weight is 456 g/mol. The number of hydrogen-bond donors (Lipinski definition) is 2. The molecule has 1 aromatic carbocycles. The van der Waals surface area contributed by atoms with Gasteiger partial charge in [-0.3, -0.25) is 14.6 Å². The highest BCUT2D eigenvalue weighted by Gasteiger charge is 2.55. The summed E-state index contributed by atoms with van der Waals surface area (Å²) in [5.41, 5.74) is 0.383. The van der Waals surface area contributed by atoms with Crippen molar-refractivity contribution < 1.29 is 14.7 Å². The predicted molar refractivity (Wildman–Crippen MR) is 127 cm³/mol. The zero-order chi connectivity index (χ0) is 22.7. The maximum absolute atomic E-state index is 13.6. The van der Waals surface area contributed by atoms with Crippen LogP contribution >= 0.6 is 11.3 Å². The Bertz CT molecular complexity index is 920. The van der Waals surface area contributed by atoms with Crippen molar-refractivity contribution in [2.45, 2.75) is 51.6 Å². The number of rotatable bonds is 8. The van der Waals surface area contributed by atoms with E-state index in [0.717, 1.165) is 32.5 Å². The van der Waals surface area contributed by atoms with E-state index in [4.69, 9.17) is 0 Å². The summed E-state index contributed by atoms with van der Waals surface area (Å²) in [7, 11) is 0. The van der Waals surface area contributed by atoms with Crippen LogP contribution in [0.2, 0.25) is 0 Å². The Balaban J connectivity index is 1.43. The fourth-order valence-electron chi connectivity index (χ4n) is 5.19. The average Bonchev–Trinajstić information content (AvgIpc) is 3.36. The molecule has 0 aliphatic carbocycles. The van der Waals surface area contributed by atoms with Gasteiger partial charge in [-0.1, -0.05) is 32.0 Å². The molecule has 3 heterocycles. The standard InChI is InChI=1S/C25H33N3O3S/c1-18(2)16-25(23(30)28(24(31)26-25)14-11-22-4-3-15-32-22)20-9-12-27(13-10-20)17-19-5-7-21(29)8-6-19/h3-8,15,18,20,29H,9-14,16-17H2,1-2H3,(H,26,31)/t25-/m0/s1. The molecule has 0 bridgehead atoms. The first-order chi connectivity index (χ1) is 15.4. The van der Waals surface area contributed by atoms with Gasteiger partial charge in [-0.15, -0.1) is 11.3 Å². The normalized spacial score (nSPS) is 22.7. The number of amides is 3. The van der Waals surface area contributed by atoms with Gasteiger partial charge in [0, 0.05) is 18.0 Å². The van der Waals surface area contributed by atoms with Gasteiger partial charge in [-0.2, -0.15) is 0 Å². The predicted octanol–water partition coefficient (Wildman–Crippen LogP) is 4.25. The number of nitrogens with one attached hydrogen (secondary N) is 1. The smallest absolute Gasteiger partial charge is 0.325 e. The monoisotopic (exact) mass is 455 g/mol. The maximum Gasteiger partial charge on any atom is 0.325 e. The minimum atomic E-state index is -0.786. The Morgan fingerprint density at radius 2 is 1.88 bits per heavy atom. The number of piperidine rings is 1. The number of carbonyl (C=O) groups excluding carboxylic acids is 2. The van der Waals surface area contributed by atoms with Crippen molar-refractivity contribution in [3.63, 3.8) is 0 Å². The molecule has 1 atom stereocenters. The van der Waals surface area contributed by atoms with Crippen molar-refractivity contribution in [2.75, 3.05) is 19.6 Å². The van der Waals surface area contributed by atoms with E-state index < -0.39 is 5.54 Å². The molecule has 6 nitrogen and oxygen atoms in total. The fourth-order valence-corrected chi connectivity index (χ4v) is 5.89. The van der Waals surface area contributed by atoms with Crippen molar-refractivity contribution in [1.82, 2.24) is 15.1 Å². The van der Waals surface area contributed by atoms with E-state index in [9.17, 15) is 14.7 Å². The first-order valence-electron chi connectivity index (χ1n) is 11.5. The van der Waals surface area contributed by atoms with Gasteiger partial charge in [-0.05, 0) is 79.8 Å². The number of hydrogen-bond acceptors (Lipinski definition) is 5. The van der Waals surface area contributed by atoms with E-state index in [2.05, 4.69) is 24.1 Å². The molecule has 2 fully saturated rings. The van der Waals surface area contributed by atoms with Gasteiger partial charge in [0.05, 0.1) is 0 Å². The number of aromatic hydroxyl groups is 1. The van der Waals surface area contributed by atoms with Crippen LogP contribution in [0.1, 0.15) is 43.6 Å². The van der Waals surface area contributed by atoms with E-state index in [1.165, 1.54) is 15.3 Å². The number of thiophene rings is 1. The molecule has 2 aliphatic rings. The van der Waals surface area contributed by atoms with Crippen molar-refractivity contribution in [3.8, 4) is 5.75 Å². The van der Waals surface area contributed by atoms with Crippen LogP contribution in [0.25, 0.3) is 0 Å². The molecule has 3 amide bonds. The second-order valence-corrected chi connectivity index (χ2v) is 10.5. The van der Waals surface area contributed by atoms with Crippen molar-refractivity contribution in [1.29, 1.82) is 0 Å². The van der Waals surface area contributed by atoms with Gasteiger partial charge in [0.15, 0.2) is 0 Å². The number of nitrogens with zero attached hydrogens (tertiary/aromatic N) is 2. The molecule has 2 N–H and O–H groups in total. The molecule has 0 spiro atoms. The Labute approximate surface area is 194 Å². The van der Waals surface area contributed by atoms with Crippen LogP contribution in [0.4, 0.5) is 4.79 Å². The van der Waals surface area contributed by atoms with Crippen LogP contribution < -0.4 is 5.32 Å². The highest BCUT2D eigenvalue weighted by Crippen LogP contribution is 2.38. The molecule has 2 saturated heterocycles. The molecular weight excluding hydrogens is 422 g/mol. The first-order valence-corrected chi connectivity index (χ1v) is 12.4. The Morgan fingerprint density at radius 1 is 1.16 bits per heavy atom. The van der Waals surface area contributed by atoms with Crippen LogP contribution in [0.15, 0.2) is 41.8 Å². The zero-order valence-electron chi connectivity index (χ0n) is 18.9. The Hall–Kier alpha value is -2.38. The molecule has 0 unspecified atom stereocenters. The quantitative estimate of drug-likeness (QED) is 0.584. The molecule has 172 valence electrons. The van der Waals surface area contributed by atoms with E-state index in [1.54, 1.807) is 23.5 Å². The van der Waals surface area contributed by atoms with E-state index in [0.29, 0.717) is 25.3 Å². The lowest BCUT2D eigenvalue weighted by atomic mass is 9.73. The summed E-state index contributed by atoms with van der Waals surface area (Å²) in [5.74, 6) is 0.697. The lowest BCUT2D eigenvalue weighted by Crippen LogP contribution is -2.56. The molecule has 0 saturated carbocycles. The van der Waals surface area contributed by atoms with Crippen LogP contribution in [0, 0.1) is 11.8 Å². The fraction of sp³-hybridized carbons (Fsp3) is 0.520. The number of benzene rings is 1. The lowest BCUT2D eigenvalue weighted by Gasteiger charge is -2.41. The second kappa shape index (κ2) is 9.63. The topological polar surface area (TPSA) is 72.9 Å². The molecule has 2 aromatic rings. The molecule has 2 aliphatic heterocycles. The van der Waals surface area contributed by atoms with E-state index >= 15 is 0 Å². The van der Waals surface area contributed by atoms with Crippen LogP contribution in [0.5, 0.6) is 5.75 Å². The van der Waals surface area contributed by atoms with Gasteiger partial charge in [-0.25, -0.2) is 4.79 Å². The lowest BCUT2D eigenvalue weighted by molar-refractivity contribution is -0.134. The molecule has 1 aromatic heterocycles. The molecule has 7 heteroatoms. The van der Waals surface area contributed by atoms with Gasteiger partial charge in [0.2, 0.25) is 0 Å². The summed E-state index contributed by atoms with van der Waals surface area (Å²) in [5, 5.41) is 14.7. The summed E-state index contributed by atoms with van der Waals surface area (Å²) >= 11 is 1.66. The van der Waals surface area contributed by atoms with Crippen molar-refractivity contribution >= 4 is 23.3 Å². The maximum atomic E-state index is 13.6. The summed E-state index contributed by atoms with van der Waals surface area (Å²) in [4.78, 5) is 31.6. The SMILES string of the molecule is CC(C)C[C@@]1(C2CCN(Cc3ccc(O)cc3)CC2)NC(=O)N(CCc2cccs2)C1=O. The number of phenolic OH excluding ortho intramolecular Hbond substituents is 1. The largest absolute Gasteiger partial charge is 0.508 e. The third kappa shape index (κ3) is 4.84. The molecule has 0 radical (unpaired) electrons. The van der Waals surface area contributed by atoms with Crippen molar-refractivity contribution in [3.05, 3.63) is 52.2 Å². The van der Waals surface area contributed by atoms with Crippen LogP contribution in [-0.2, 0) is 17.8 Å². The van der Waals surface area contributed by atoms with E-state index in [1.807, 2.05) is 29.6 Å². The van der Waals surface area contributed by atoms with Crippen LogP contribution in [-0.4, -0.2) is 52.0 Å². The van der Waals surface area contributed by atoms with Gasteiger partial charge in [0.25, 0.3) is 5.91 Å². The van der Waals surface area contributed by atoms with Crippen molar-refractivity contribution in [2.24, 2.45) is 11.8 Å². The van der Waals surface area contributed by atoms with Gasteiger partial charge >= 0.3 is 6.03 Å². The highest BCUT2D eigenvalue weighted by atomic mass is 32.1. The van der Waals surface area contributed by atoms with Gasteiger partial charge < -0.3 is 10.4 Å². The molecule has 4 rings (SSSR count).